The Balaban J connectivity index is 1.79. The molecule has 0 radical (unpaired) electrons. The molecule has 18 heavy (non-hydrogen) atoms. The highest BCUT2D eigenvalue weighted by molar-refractivity contribution is 5.77. The monoisotopic (exact) mass is 254 g/mol. The first-order chi connectivity index (χ1) is 8.31. The molecule has 2 N–H and O–H groups in total. The Labute approximate surface area is 108 Å². The van der Waals surface area contributed by atoms with Crippen LogP contribution in [0.15, 0.2) is 0 Å². The van der Waals surface area contributed by atoms with E-state index in [2.05, 4.69) is 19.2 Å². The summed E-state index contributed by atoms with van der Waals surface area (Å²) in [6.45, 7) is 7.85. The molecule has 3 atom stereocenters. The number of carboxylic acids is 1. The fraction of sp³-hybridized carbons (Fsp3) is 0.846. The Morgan fingerprint density at radius 3 is 2.44 bits per heavy atom. The van der Waals surface area contributed by atoms with E-state index < -0.39 is 11.9 Å². The number of urea groups is 1. The van der Waals surface area contributed by atoms with Crippen LogP contribution in [-0.2, 0) is 4.79 Å². The first-order valence-electron chi connectivity index (χ1n) is 6.57. The average Bonchev–Trinajstić information content (AvgIpc) is 2.70. The van der Waals surface area contributed by atoms with Crippen LogP contribution in [0.2, 0.25) is 0 Å². The van der Waals surface area contributed by atoms with Crippen molar-refractivity contribution >= 4 is 12.0 Å². The summed E-state index contributed by atoms with van der Waals surface area (Å²) in [6.07, 6.45) is 1.15. The van der Waals surface area contributed by atoms with E-state index in [9.17, 15) is 9.59 Å². The Morgan fingerprint density at radius 1 is 1.39 bits per heavy atom. The topological polar surface area (TPSA) is 69.6 Å². The highest BCUT2D eigenvalue weighted by Gasteiger charge is 2.45. The summed E-state index contributed by atoms with van der Waals surface area (Å²) in [5.41, 5.74) is 0.356. The number of nitrogens with zero attached hydrogens (tertiary/aromatic N) is 1. The number of hydrogen-bond donors (Lipinski definition) is 2. The van der Waals surface area contributed by atoms with E-state index >= 15 is 0 Å². The second-order valence-corrected chi connectivity index (χ2v) is 6.40. The minimum atomic E-state index is -0.805. The summed E-state index contributed by atoms with van der Waals surface area (Å²) in [6, 6.07) is -0.117. The lowest BCUT2D eigenvalue weighted by molar-refractivity contribution is -0.142. The highest BCUT2D eigenvalue weighted by atomic mass is 16.4. The molecule has 5 heteroatoms. The third-order valence-corrected chi connectivity index (χ3v) is 4.43. The van der Waals surface area contributed by atoms with Crippen LogP contribution in [0, 0.1) is 23.2 Å². The van der Waals surface area contributed by atoms with Crippen LogP contribution >= 0.6 is 0 Å². The van der Waals surface area contributed by atoms with E-state index in [1.165, 1.54) is 0 Å². The van der Waals surface area contributed by atoms with Crippen molar-refractivity contribution in [3.63, 3.8) is 0 Å². The van der Waals surface area contributed by atoms with Gasteiger partial charge in [0, 0.05) is 19.6 Å². The summed E-state index contributed by atoms with van der Waals surface area (Å²) < 4.78 is 0. The Hall–Kier alpha value is -1.26. The van der Waals surface area contributed by atoms with Gasteiger partial charge in [0.15, 0.2) is 0 Å². The molecule has 0 spiro atoms. The van der Waals surface area contributed by atoms with Crippen molar-refractivity contribution < 1.29 is 14.7 Å². The smallest absolute Gasteiger partial charge is 0.317 e. The van der Waals surface area contributed by atoms with E-state index in [-0.39, 0.29) is 11.9 Å². The van der Waals surface area contributed by atoms with Crippen LogP contribution in [0.1, 0.15) is 27.2 Å². The molecular formula is C13H22N2O3. The summed E-state index contributed by atoms with van der Waals surface area (Å²) in [4.78, 5) is 24.5. The number of carbonyl (C=O) groups is 2. The molecular weight excluding hydrogens is 232 g/mol. The molecule has 1 heterocycles. The van der Waals surface area contributed by atoms with Gasteiger partial charge in [-0.25, -0.2) is 4.79 Å². The number of aliphatic carboxylic acids is 1. The SMILES string of the molecule is CC1CN(C(=O)NCC2CC2(C)C)CC1C(=O)O. The molecule has 2 amide bonds. The van der Waals surface area contributed by atoms with Gasteiger partial charge in [-0.05, 0) is 23.7 Å². The van der Waals surface area contributed by atoms with Crippen molar-refractivity contribution in [2.75, 3.05) is 19.6 Å². The van der Waals surface area contributed by atoms with Crippen LogP contribution < -0.4 is 5.32 Å². The van der Waals surface area contributed by atoms with Crippen LogP contribution in [-0.4, -0.2) is 41.6 Å². The van der Waals surface area contributed by atoms with Gasteiger partial charge in [0.2, 0.25) is 0 Å². The molecule has 102 valence electrons. The van der Waals surface area contributed by atoms with E-state index in [0.29, 0.717) is 31.0 Å². The van der Waals surface area contributed by atoms with E-state index in [1.807, 2.05) is 6.92 Å². The minimum absolute atomic E-state index is 0.0330. The van der Waals surface area contributed by atoms with Gasteiger partial charge in [-0.15, -0.1) is 0 Å². The Kier molecular flexibility index (Phi) is 3.25. The van der Waals surface area contributed by atoms with Crippen LogP contribution in [0.3, 0.4) is 0 Å². The van der Waals surface area contributed by atoms with Crippen molar-refractivity contribution in [1.82, 2.24) is 10.2 Å². The predicted octanol–water partition coefficient (Wildman–Crippen LogP) is 1.39. The summed E-state index contributed by atoms with van der Waals surface area (Å²) >= 11 is 0. The number of carboxylic acid groups (broad SMARTS) is 1. The van der Waals surface area contributed by atoms with Crippen LogP contribution in [0.25, 0.3) is 0 Å². The molecule has 2 fully saturated rings. The second kappa shape index (κ2) is 4.44. The van der Waals surface area contributed by atoms with E-state index in [4.69, 9.17) is 5.11 Å². The normalized spacial score (nSPS) is 33.3. The summed E-state index contributed by atoms with van der Waals surface area (Å²) in [5.74, 6) is -0.628. The zero-order valence-corrected chi connectivity index (χ0v) is 11.3. The van der Waals surface area contributed by atoms with Crippen molar-refractivity contribution in [2.45, 2.75) is 27.2 Å². The highest BCUT2D eigenvalue weighted by Crippen LogP contribution is 2.50. The fourth-order valence-electron chi connectivity index (χ4n) is 2.70. The van der Waals surface area contributed by atoms with Gasteiger partial charge in [-0.2, -0.15) is 0 Å². The minimum Gasteiger partial charge on any atom is -0.481 e. The molecule has 1 aliphatic heterocycles. The number of carbonyl (C=O) groups excluding carboxylic acids is 1. The molecule has 0 aromatic carbocycles. The number of hydrogen-bond acceptors (Lipinski definition) is 2. The summed E-state index contributed by atoms with van der Waals surface area (Å²) in [5, 5.41) is 11.9. The zero-order chi connectivity index (χ0) is 13.5. The van der Waals surface area contributed by atoms with Gasteiger partial charge < -0.3 is 15.3 Å². The molecule has 5 nitrogen and oxygen atoms in total. The first kappa shape index (κ1) is 13.2. The maximum Gasteiger partial charge on any atom is 0.317 e. The van der Waals surface area contributed by atoms with Gasteiger partial charge in [0.25, 0.3) is 0 Å². The molecule has 0 bridgehead atoms. The maximum absolute atomic E-state index is 11.9. The van der Waals surface area contributed by atoms with Crippen LogP contribution in [0.5, 0.6) is 0 Å². The standard InChI is InChI=1S/C13H22N2O3/c1-8-6-15(7-10(8)11(16)17)12(18)14-5-9-4-13(9,2)3/h8-10H,4-7H2,1-3H3,(H,14,18)(H,16,17). The van der Waals surface area contributed by atoms with Gasteiger partial charge >= 0.3 is 12.0 Å². The molecule has 1 aliphatic carbocycles. The molecule has 0 aromatic rings. The lowest BCUT2D eigenvalue weighted by atomic mass is 9.99. The quantitative estimate of drug-likeness (QED) is 0.799. The molecule has 0 aromatic heterocycles. The number of likely N-dealkylation sites (tertiary alicyclic amines) is 1. The van der Waals surface area contributed by atoms with E-state index in [1.54, 1.807) is 4.90 Å². The summed E-state index contributed by atoms with van der Waals surface area (Å²) in [7, 11) is 0. The van der Waals surface area contributed by atoms with Crippen molar-refractivity contribution in [3.05, 3.63) is 0 Å². The van der Waals surface area contributed by atoms with Gasteiger partial charge in [-0.1, -0.05) is 20.8 Å². The Bertz CT molecular complexity index is 367. The lowest BCUT2D eigenvalue weighted by Gasteiger charge is -2.17. The predicted molar refractivity (Wildman–Crippen MR) is 67.1 cm³/mol. The van der Waals surface area contributed by atoms with Crippen LogP contribution in [0.4, 0.5) is 4.79 Å². The number of rotatable bonds is 3. The molecule has 1 saturated carbocycles. The second-order valence-electron chi connectivity index (χ2n) is 6.40. The molecule has 1 saturated heterocycles. The van der Waals surface area contributed by atoms with Gasteiger partial charge in [-0.3, -0.25) is 4.79 Å². The number of nitrogens with one attached hydrogen (secondary N) is 1. The molecule has 3 unspecified atom stereocenters. The lowest BCUT2D eigenvalue weighted by Crippen LogP contribution is -2.40. The molecule has 2 aliphatic rings. The molecule has 2 rings (SSSR count). The third-order valence-electron chi connectivity index (χ3n) is 4.43. The zero-order valence-electron chi connectivity index (χ0n) is 11.3. The van der Waals surface area contributed by atoms with E-state index in [0.717, 1.165) is 6.42 Å². The van der Waals surface area contributed by atoms with Crippen molar-refractivity contribution in [1.29, 1.82) is 0 Å². The van der Waals surface area contributed by atoms with Crippen molar-refractivity contribution in [3.8, 4) is 0 Å². The van der Waals surface area contributed by atoms with Crippen molar-refractivity contribution in [2.24, 2.45) is 23.2 Å². The Morgan fingerprint density at radius 2 is 2.00 bits per heavy atom. The number of amides is 2. The average molecular weight is 254 g/mol. The van der Waals surface area contributed by atoms with Gasteiger partial charge in [0.1, 0.15) is 0 Å². The maximum atomic E-state index is 11.9. The first-order valence-corrected chi connectivity index (χ1v) is 6.57. The van der Waals surface area contributed by atoms with Gasteiger partial charge in [0.05, 0.1) is 5.92 Å². The third kappa shape index (κ3) is 2.60. The largest absolute Gasteiger partial charge is 0.481 e. The fourth-order valence-corrected chi connectivity index (χ4v) is 2.70.